The van der Waals surface area contributed by atoms with Gasteiger partial charge in [-0.05, 0) is 57.0 Å². The number of anilines is 1. The van der Waals surface area contributed by atoms with Crippen LogP contribution in [-0.2, 0) is 10.0 Å². The van der Waals surface area contributed by atoms with E-state index in [-0.39, 0.29) is 16.8 Å². The lowest BCUT2D eigenvalue weighted by Gasteiger charge is -2.14. The summed E-state index contributed by atoms with van der Waals surface area (Å²) < 4.78 is 27.8. The molecule has 6 heteroatoms. The molecule has 1 atom stereocenters. The summed E-state index contributed by atoms with van der Waals surface area (Å²) in [6, 6.07) is 11.7. The molecule has 0 saturated carbocycles. The highest BCUT2D eigenvalue weighted by Crippen LogP contribution is 2.20. The van der Waals surface area contributed by atoms with Crippen molar-refractivity contribution in [2.45, 2.75) is 45.1 Å². The zero-order chi connectivity index (χ0) is 18.6. The van der Waals surface area contributed by atoms with Crippen molar-refractivity contribution in [3.05, 3.63) is 59.2 Å². The molecule has 2 N–H and O–H groups in total. The maximum Gasteiger partial charge on any atom is 0.261 e. The van der Waals surface area contributed by atoms with Gasteiger partial charge in [0.1, 0.15) is 0 Å². The minimum absolute atomic E-state index is 0.0258. The van der Waals surface area contributed by atoms with Crippen LogP contribution in [0.5, 0.6) is 0 Å². The van der Waals surface area contributed by atoms with Crippen LogP contribution in [0.25, 0.3) is 0 Å². The lowest BCUT2D eigenvalue weighted by molar-refractivity contribution is 0.0938. The van der Waals surface area contributed by atoms with Crippen LogP contribution < -0.4 is 10.0 Å². The second kappa shape index (κ2) is 7.70. The fourth-order valence-electron chi connectivity index (χ4n) is 2.25. The third-order valence-corrected chi connectivity index (χ3v) is 5.44. The molecule has 0 unspecified atom stereocenters. The molecule has 0 spiro atoms. The zero-order valence-corrected chi connectivity index (χ0v) is 15.8. The Bertz CT molecular complexity index is 859. The van der Waals surface area contributed by atoms with E-state index in [2.05, 4.69) is 10.0 Å². The molecule has 0 heterocycles. The Morgan fingerprint density at radius 1 is 1.08 bits per heavy atom. The van der Waals surface area contributed by atoms with Gasteiger partial charge in [-0.3, -0.25) is 9.52 Å². The summed E-state index contributed by atoms with van der Waals surface area (Å²) in [5.41, 5.74) is 2.63. The van der Waals surface area contributed by atoms with Crippen molar-refractivity contribution < 1.29 is 13.2 Å². The van der Waals surface area contributed by atoms with Crippen LogP contribution in [0.4, 0.5) is 5.69 Å². The quantitative estimate of drug-likeness (QED) is 0.826. The second-order valence-electron chi connectivity index (χ2n) is 6.23. The summed E-state index contributed by atoms with van der Waals surface area (Å²) in [6.45, 7) is 7.60. The van der Waals surface area contributed by atoms with Crippen molar-refractivity contribution in [1.29, 1.82) is 0 Å². The van der Waals surface area contributed by atoms with E-state index < -0.39 is 10.0 Å². The first-order chi connectivity index (χ1) is 11.7. The van der Waals surface area contributed by atoms with Crippen molar-refractivity contribution in [2.24, 2.45) is 0 Å². The van der Waals surface area contributed by atoms with Crippen LogP contribution in [0, 0.1) is 13.8 Å². The Labute approximate surface area is 149 Å². The summed E-state index contributed by atoms with van der Waals surface area (Å²) in [5, 5.41) is 2.87. The summed E-state index contributed by atoms with van der Waals surface area (Å²) in [6.07, 6.45) is 0.803. The Morgan fingerprint density at radius 2 is 1.72 bits per heavy atom. The maximum absolute atomic E-state index is 12.6. The molecule has 0 radical (unpaired) electrons. The summed E-state index contributed by atoms with van der Waals surface area (Å²) in [7, 11) is -3.76. The number of rotatable bonds is 6. The molecule has 0 aromatic heterocycles. The first-order valence-corrected chi connectivity index (χ1v) is 9.72. The summed E-state index contributed by atoms with van der Waals surface area (Å²) in [4.78, 5) is 12.4. The number of nitrogens with one attached hydrogen (secondary N) is 2. The van der Waals surface area contributed by atoms with E-state index >= 15 is 0 Å². The molecule has 5 nitrogen and oxygen atoms in total. The van der Waals surface area contributed by atoms with Gasteiger partial charge in [-0.2, -0.15) is 0 Å². The third kappa shape index (κ3) is 4.82. The molecule has 0 aliphatic heterocycles. The predicted octanol–water partition coefficient (Wildman–Crippen LogP) is 3.63. The van der Waals surface area contributed by atoms with Crippen molar-refractivity contribution >= 4 is 21.6 Å². The number of amides is 1. The van der Waals surface area contributed by atoms with Gasteiger partial charge in [0, 0.05) is 17.3 Å². The van der Waals surface area contributed by atoms with Gasteiger partial charge < -0.3 is 5.32 Å². The van der Waals surface area contributed by atoms with Gasteiger partial charge in [0.15, 0.2) is 0 Å². The maximum atomic E-state index is 12.6. The van der Waals surface area contributed by atoms with Crippen LogP contribution >= 0.6 is 0 Å². The average Bonchev–Trinajstić information content (AvgIpc) is 2.56. The summed E-state index contributed by atoms with van der Waals surface area (Å²) in [5.74, 6) is -0.265. The van der Waals surface area contributed by atoms with E-state index in [1.54, 1.807) is 25.1 Å². The minimum atomic E-state index is -3.76. The van der Waals surface area contributed by atoms with Crippen molar-refractivity contribution in [1.82, 2.24) is 5.32 Å². The molecule has 25 heavy (non-hydrogen) atoms. The van der Waals surface area contributed by atoms with E-state index in [4.69, 9.17) is 0 Å². The predicted molar refractivity (Wildman–Crippen MR) is 100 cm³/mol. The zero-order valence-electron chi connectivity index (χ0n) is 15.0. The fraction of sp³-hybridized carbons (Fsp3) is 0.316. The molecule has 0 aliphatic rings. The van der Waals surface area contributed by atoms with Crippen molar-refractivity contribution in [2.75, 3.05) is 4.72 Å². The van der Waals surface area contributed by atoms with Crippen LogP contribution in [0.2, 0.25) is 0 Å². The third-order valence-electron chi connectivity index (χ3n) is 4.06. The number of hydrogen-bond donors (Lipinski definition) is 2. The van der Waals surface area contributed by atoms with E-state index in [0.717, 1.165) is 17.5 Å². The van der Waals surface area contributed by atoms with Crippen LogP contribution in [0.1, 0.15) is 41.8 Å². The highest BCUT2D eigenvalue weighted by Gasteiger charge is 2.19. The first-order valence-electron chi connectivity index (χ1n) is 8.24. The Hall–Kier alpha value is -2.34. The first kappa shape index (κ1) is 19.0. The summed E-state index contributed by atoms with van der Waals surface area (Å²) >= 11 is 0. The van der Waals surface area contributed by atoms with Gasteiger partial charge in [-0.25, -0.2) is 8.42 Å². The molecule has 0 aliphatic carbocycles. The average molecular weight is 360 g/mol. The largest absolute Gasteiger partial charge is 0.350 e. The highest BCUT2D eigenvalue weighted by molar-refractivity contribution is 7.92. The van der Waals surface area contributed by atoms with E-state index in [0.29, 0.717) is 11.3 Å². The molecule has 0 fully saturated rings. The normalized spacial score (nSPS) is 12.5. The minimum Gasteiger partial charge on any atom is -0.350 e. The van der Waals surface area contributed by atoms with E-state index in [1.165, 1.54) is 12.1 Å². The monoisotopic (exact) mass is 360 g/mol. The van der Waals surface area contributed by atoms with Crippen molar-refractivity contribution in [3.8, 4) is 0 Å². The van der Waals surface area contributed by atoms with Crippen molar-refractivity contribution in [3.63, 3.8) is 0 Å². The molecule has 2 rings (SSSR count). The number of aryl methyl sites for hydroxylation is 2. The number of carbonyl (C=O) groups is 1. The van der Waals surface area contributed by atoms with Gasteiger partial charge in [0.25, 0.3) is 15.9 Å². The van der Waals surface area contributed by atoms with Crippen LogP contribution in [0.3, 0.4) is 0 Å². The topological polar surface area (TPSA) is 75.3 Å². The number of sulfonamides is 1. The van der Waals surface area contributed by atoms with Gasteiger partial charge in [-0.15, -0.1) is 0 Å². The molecule has 134 valence electrons. The standard InChI is InChI=1S/C19H24N2O3S/c1-5-15(4)20-19(22)18-12-17(11-8-14(18)3)25(23,24)21-16-9-6-13(2)7-10-16/h6-12,15,21H,5H2,1-4H3,(H,20,22)/t15-/m1/s1. The molecular formula is C19H24N2O3S. The SMILES string of the molecule is CC[C@@H](C)NC(=O)c1cc(S(=O)(=O)Nc2ccc(C)cc2)ccc1C. The molecule has 2 aromatic carbocycles. The Balaban J connectivity index is 2.30. The molecular weight excluding hydrogens is 336 g/mol. The number of benzene rings is 2. The van der Waals surface area contributed by atoms with Gasteiger partial charge in [-0.1, -0.05) is 30.7 Å². The Kier molecular flexibility index (Phi) is 5.85. The van der Waals surface area contributed by atoms with Crippen LogP contribution in [0.15, 0.2) is 47.4 Å². The number of hydrogen-bond acceptors (Lipinski definition) is 3. The smallest absolute Gasteiger partial charge is 0.261 e. The highest BCUT2D eigenvalue weighted by atomic mass is 32.2. The Morgan fingerprint density at radius 3 is 2.32 bits per heavy atom. The molecule has 2 aromatic rings. The lowest BCUT2D eigenvalue weighted by Crippen LogP contribution is -2.32. The lowest BCUT2D eigenvalue weighted by atomic mass is 10.1. The van der Waals surface area contributed by atoms with Crippen LogP contribution in [-0.4, -0.2) is 20.4 Å². The fourth-order valence-corrected chi connectivity index (χ4v) is 3.34. The molecule has 0 bridgehead atoms. The van der Waals surface area contributed by atoms with E-state index in [9.17, 15) is 13.2 Å². The van der Waals surface area contributed by atoms with Gasteiger partial charge >= 0.3 is 0 Å². The number of carbonyl (C=O) groups excluding carboxylic acids is 1. The van der Waals surface area contributed by atoms with Gasteiger partial charge in [0.2, 0.25) is 0 Å². The molecule has 1 amide bonds. The molecule has 0 saturated heterocycles. The van der Waals surface area contributed by atoms with Gasteiger partial charge in [0.05, 0.1) is 4.90 Å². The second-order valence-corrected chi connectivity index (χ2v) is 7.91. The van der Waals surface area contributed by atoms with E-state index in [1.807, 2.05) is 32.9 Å².